The number of nitrogens with zero attached hydrogens (tertiary/aromatic N) is 2. The van der Waals surface area contributed by atoms with Crippen LogP contribution in [0.2, 0.25) is 0 Å². The molecule has 0 fully saturated rings. The zero-order chi connectivity index (χ0) is 21.9. The molecule has 0 unspecified atom stereocenters. The first-order chi connectivity index (χ1) is 15.7. The lowest BCUT2D eigenvalue weighted by atomic mass is 9.92. The molecule has 1 aromatic heterocycles. The maximum Gasteiger partial charge on any atom is 0.0346 e. The van der Waals surface area contributed by atoms with E-state index in [1.54, 1.807) is 0 Å². The van der Waals surface area contributed by atoms with E-state index in [1.807, 2.05) is 30.9 Å². The molecule has 0 aliphatic carbocycles. The summed E-state index contributed by atoms with van der Waals surface area (Å²) in [6.07, 6.45) is 9.80. The predicted octanol–water partition coefficient (Wildman–Crippen LogP) is 7.90. The van der Waals surface area contributed by atoms with Gasteiger partial charge in [0.15, 0.2) is 0 Å². The molecule has 32 heavy (non-hydrogen) atoms. The van der Waals surface area contributed by atoms with Crippen molar-refractivity contribution in [1.29, 1.82) is 0 Å². The molecule has 0 N–H and O–H groups in total. The van der Waals surface area contributed by atoms with Crippen molar-refractivity contribution in [2.45, 2.75) is 26.7 Å². The Labute approximate surface area is 190 Å². The first-order valence-electron chi connectivity index (χ1n) is 11.1. The van der Waals surface area contributed by atoms with Crippen molar-refractivity contribution in [2.24, 2.45) is 4.99 Å². The van der Waals surface area contributed by atoms with Gasteiger partial charge in [-0.2, -0.15) is 0 Å². The molecular formula is C30H26N2. The standard InChI is InChI=1S/C30H26N2/c1-21-14-28(24-7-3-6-23(16-24)26-8-4-12-31-19-26)17-29(15-21)25-11-10-22(2)30(18-25)27-9-5-13-32-20-27/h3,5-7,9-20H,4,8H2,1-2H3. The Kier molecular flexibility index (Phi) is 5.51. The van der Waals surface area contributed by atoms with Crippen LogP contribution in [0.1, 0.15) is 29.5 Å². The van der Waals surface area contributed by atoms with Crippen molar-refractivity contribution in [3.63, 3.8) is 0 Å². The maximum absolute atomic E-state index is 4.35. The van der Waals surface area contributed by atoms with Gasteiger partial charge < -0.3 is 0 Å². The molecule has 156 valence electrons. The van der Waals surface area contributed by atoms with Gasteiger partial charge in [0.1, 0.15) is 0 Å². The molecule has 1 aliphatic rings. The minimum absolute atomic E-state index is 1.01. The SMILES string of the molecule is Cc1cc(-c2cccc(C3=CN=CCC3)c2)cc(-c2ccc(C)c(-c3cccnc3)c2)c1. The minimum atomic E-state index is 1.01. The van der Waals surface area contributed by atoms with Gasteiger partial charge in [0.05, 0.1) is 0 Å². The second kappa shape index (κ2) is 8.76. The third-order valence-corrected chi connectivity index (χ3v) is 6.07. The number of benzene rings is 3. The van der Waals surface area contributed by atoms with Crippen molar-refractivity contribution in [3.8, 4) is 33.4 Å². The van der Waals surface area contributed by atoms with Gasteiger partial charge >= 0.3 is 0 Å². The summed E-state index contributed by atoms with van der Waals surface area (Å²) < 4.78 is 0. The Hall–Kier alpha value is -3.78. The van der Waals surface area contributed by atoms with Crippen LogP contribution in [0, 0.1) is 13.8 Å². The molecule has 0 bridgehead atoms. The van der Waals surface area contributed by atoms with E-state index in [2.05, 4.69) is 90.6 Å². The first-order valence-corrected chi connectivity index (χ1v) is 11.1. The normalized spacial score (nSPS) is 13.1. The molecule has 5 rings (SSSR count). The quantitative estimate of drug-likeness (QED) is 0.333. The lowest BCUT2D eigenvalue weighted by molar-refractivity contribution is 1.10. The summed E-state index contributed by atoms with van der Waals surface area (Å²) in [6, 6.07) is 26.5. The highest BCUT2D eigenvalue weighted by Gasteiger charge is 2.10. The van der Waals surface area contributed by atoms with Crippen LogP contribution in [-0.2, 0) is 0 Å². The van der Waals surface area contributed by atoms with Crippen LogP contribution < -0.4 is 0 Å². The summed E-state index contributed by atoms with van der Waals surface area (Å²) in [7, 11) is 0. The van der Waals surface area contributed by atoms with Crippen LogP contribution in [0.5, 0.6) is 0 Å². The summed E-state index contributed by atoms with van der Waals surface area (Å²) in [5.74, 6) is 0. The van der Waals surface area contributed by atoms with E-state index in [4.69, 9.17) is 0 Å². The summed E-state index contributed by atoms with van der Waals surface area (Å²) in [5.41, 5.74) is 12.4. The van der Waals surface area contributed by atoms with E-state index in [-0.39, 0.29) is 0 Å². The third kappa shape index (κ3) is 4.17. The molecule has 0 amide bonds. The number of allylic oxidation sites excluding steroid dienone is 1. The van der Waals surface area contributed by atoms with E-state index in [0.29, 0.717) is 0 Å². The largest absolute Gasteiger partial charge is 0.269 e. The van der Waals surface area contributed by atoms with Crippen LogP contribution in [0.3, 0.4) is 0 Å². The molecule has 0 saturated carbocycles. The number of pyridine rings is 1. The Morgan fingerprint density at radius 2 is 1.44 bits per heavy atom. The van der Waals surface area contributed by atoms with Crippen molar-refractivity contribution >= 4 is 11.8 Å². The summed E-state index contributed by atoms with van der Waals surface area (Å²) in [4.78, 5) is 8.66. The number of hydrogen-bond acceptors (Lipinski definition) is 2. The van der Waals surface area contributed by atoms with Crippen LogP contribution in [0.15, 0.2) is 96.4 Å². The maximum atomic E-state index is 4.35. The van der Waals surface area contributed by atoms with Gasteiger partial charge in [0.25, 0.3) is 0 Å². The molecular weight excluding hydrogens is 388 g/mol. The second-order valence-corrected chi connectivity index (χ2v) is 8.46. The predicted molar refractivity (Wildman–Crippen MR) is 136 cm³/mol. The highest BCUT2D eigenvalue weighted by Crippen LogP contribution is 2.33. The Balaban J connectivity index is 1.56. The highest BCUT2D eigenvalue weighted by molar-refractivity contribution is 5.81. The molecule has 0 spiro atoms. The van der Waals surface area contributed by atoms with Gasteiger partial charge in [0.2, 0.25) is 0 Å². The lowest BCUT2D eigenvalue weighted by Crippen LogP contribution is -1.92. The highest BCUT2D eigenvalue weighted by atomic mass is 14.7. The lowest BCUT2D eigenvalue weighted by Gasteiger charge is -2.13. The average molecular weight is 415 g/mol. The van der Waals surface area contributed by atoms with E-state index in [9.17, 15) is 0 Å². The molecule has 4 aromatic rings. The zero-order valence-corrected chi connectivity index (χ0v) is 18.5. The zero-order valence-electron chi connectivity index (χ0n) is 18.5. The van der Waals surface area contributed by atoms with Crippen molar-refractivity contribution in [1.82, 2.24) is 4.98 Å². The first kappa shape index (κ1) is 20.1. The molecule has 0 atom stereocenters. The molecule has 0 saturated heterocycles. The smallest absolute Gasteiger partial charge is 0.0346 e. The number of hydrogen-bond donors (Lipinski definition) is 0. The van der Waals surface area contributed by atoms with Crippen molar-refractivity contribution in [3.05, 3.63) is 108 Å². The van der Waals surface area contributed by atoms with E-state index in [0.717, 1.165) is 18.4 Å². The summed E-state index contributed by atoms with van der Waals surface area (Å²) in [6.45, 7) is 4.33. The van der Waals surface area contributed by atoms with Gasteiger partial charge in [-0.05, 0) is 101 Å². The van der Waals surface area contributed by atoms with Crippen LogP contribution in [-0.4, -0.2) is 11.2 Å². The van der Waals surface area contributed by atoms with Gasteiger partial charge in [-0.25, -0.2) is 0 Å². The van der Waals surface area contributed by atoms with E-state index < -0.39 is 0 Å². The van der Waals surface area contributed by atoms with Crippen LogP contribution >= 0.6 is 0 Å². The molecule has 2 heteroatoms. The fourth-order valence-corrected chi connectivity index (χ4v) is 4.37. The van der Waals surface area contributed by atoms with Crippen molar-refractivity contribution < 1.29 is 0 Å². The molecule has 2 nitrogen and oxygen atoms in total. The average Bonchev–Trinajstić information content (AvgIpc) is 2.85. The number of aromatic nitrogens is 1. The van der Waals surface area contributed by atoms with E-state index >= 15 is 0 Å². The molecule has 3 aromatic carbocycles. The summed E-state index contributed by atoms with van der Waals surface area (Å²) in [5, 5.41) is 0. The van der Waals surface area contributed by atoms with Crippen molar-refractivity contribution in [2.75, 3.05) is 0 Å². The minimum Gasteiger partial charge on any atom is -0.269 e. The van der Waals surface area contributed by atoms with Gasteiger partial charge in [0, 0.05) is 30.4 Å². The van der Waals surface area contributed by atoms with Gasteiger partial charge in [-0.3, -0.25) is 9.98 Å². The van der Waals surface area contributed by atoms with Crippen LogP contribution in [0.4, 0.5) is 0 Å². The second-order valence-electron chi connectivity index (χ2n) is 8.46. The molecule has 1 aliphatic heterocycles. The topological polar surface area (TPSA) is 25.2 Å². The number of aliphatic imine (C=N–C) groups is 1. The summed E-state index contributed by atoms with van der Waals surface area (Å²) >= 11 is 0. The third-order valence-electron chi connectivity index (χ3n) is 6.07. The Morgan fingerprint density at radius 1 is 0.688 bits per heavy atom. The monoisotopic (exact) mass is 414 g/mol. The molecule has 0 radical (unpaired) electrons. The Morgan fingerprint density at radius 3 is 2.19 bits per heavy atom. The fourth-order valence-electron chi connectivity index (χ4n) is 4.37. The fraction of sp³-hybridized carbons (Fsp3) is 0.133. The number of aryl methyl sites for hydroxylation is 2. The van der Waals surface area contributed by atoms with E-state index in [1.165, 1.54) is 50.1 Å². The number of rotatable bonds is 4. The Bertz CT molecular complexity index is 1330. The molecule has 2 heterocycles. The van der Waals surface area contributed by atoms with Gasteiger partial charge in [-0.1, -0.05) is 48.5 Å². The van der Waals surface area contributed by atoms with Gasteiger partial charge in [-0.15, -0.1) is 0 Å². The van der Waals surface area contributed by atoms with Crippen LogP contribution in [0.25, 0.3) is 39.0 Å².